The third-order valence-electron chi connectivity index (χ3n) is 5.07. The number of ether oxygens (including phenoxy) is 1. The predicted octanol–water partition coefficient (Wildman–Crippen LogP) is 1.98. The standard InChI is InChI=1S/C19H27FN2O3/c20-19(15-23)8-5-9-21(14-19)12-16-6-1-2-7-17(16)25-13-18(24)22-10-3-4-11-22/h1-2,6-7,23H,3-5,8-15H2. The number of nitrogens with zero attached hydrogens (tertiary/aromatic N) is 2. The molecule has 2 aliphatic rings. The monoisotopic (exact) mass is 350 g/mol. The zero-order chi connectivity index (χ0) is 17.7. The van der Waals surface area contributed by atoms with Crippen LogP contribution in [0.5, 0.6) is 5.75 Å². The van der Waals surface area contributed by atoms with E-state index in [9.17, 15) is 14.3 Å². The number of aliphatic hydroxyl groups is 1. The van der Waals surface area contributed by atoms with Gasteiger partial charge in [-0.15, -0.1) is 0 Å². The van der Waals surface area contributed by atoms with Crippen LogP contribution >= 0.6 is 0 Å². The van der Waals surface area contributed by atoms with Gasteiger partial charge < -0.3 is 14.7 Å². The smallest absolute Gasteiger partial charge is 0.260 e. The van der Waals surface area contributed by atoms with Gasteiger partial charge in [-0.2, -0.15) is 0 Å². The van der Waals surface area contributed by atoms with Gasteiger partial charge in [0, 0.05) is 31.7 Å². The lowest BCUT2D eigenvalue weighted by molar-refractivity contribution is -0.132. The molecule has 3 rings (SSSR count). The van der Waals surface area contributed by atoms with E-state index in [1.54, 1.807) is 0 Å². The van der Waals surface area contributed by atoms with Crippen LogP contribution in [0, 0.1) is 0 Å². The van der Waals surface area contributed by atoms with Crippen LogP contribution in [0.25, 0.3) is 0 Å². The number of hydrogen-bond donors (Lipinski definition) is 1. The highest BCUT2D eigenvalue weighted by Crippen LogP contribution is 2.28. The quantitative estimate of drug-likeness (QED) is 0.852. The molecular weight excluding hydrogens is 323 g/mol. The lowest BCUT2D eigenvalue weighted by Crippen LogP contribution is -2.47. The maximum Gasteiger partial charge on any atom is 0.260 e. The molecule has 1 N–H and O–H groups in total. The van der Waals surface area contributed by atoms with Gasteiger partial charge >= 0.3 is 0 Å². The van der Waals surface area contributed by atoms with E-state index >= 15 is 0 Å². The van der Waals surface area contributed by atoms with Crippen molar-refractivity contribution in [1.29, 1.82) is 0 Å². The van der Waals surface area contributed by atoms with Gasteiger partial charge in [0.1, 0.15) is 11.4 Å². The largest absolute Gasteiger partial charge is 0.483 e. The summed E-state index contributed by atoms with van der Waals surface area (Å²) in [5.41, 5.74) is -0.571. The Hall–Kier alpha value is -1.66. The van der Waals surface area contributed by atoms with E-state index in [2.05, 4.69) is 0 Å². The molecule has 0 bridgehead atoms. The normalized spacial score (nSPS) is 24.5. The number of amides is 1. The molecule has 25 heavy (non-hydrogen) atoms. The minimum atomic E-state index is -1.51. The summed E-state index contributed by atoms with van der Waals surface area (Å²) in [4.78, 5) is 16.0. The van der Waals surface area contributed by atoms with Crippen LogP contribution < -0.4 is 4.74 Å². The molecule has 2 saturated heterocycles. The van der Waals surface area contributed by atoms with E-state index in [1.165, 1.54) is 0 Å². The zero-order valence-corrected chi connectivity index (χ0v) is 14.6. The predicted molar refractivity (Wildman–Crippen MR) is 93.2 cm³/mol. The van der Waals surface area contributed by atoms with Crippen LogP contribution in [-0.4, -0.2) is 65.9 Å². The first-order valence-electron chi connectivity index (χ1n) is 9.10. The van der Waals surface area contributed by atoms with Gasteiger partial charge in [-0.1, -0.05) is 18.2 Å². The first-order chi connectivity index (χ1) is 12.1. The maximum atomic E-state index is 14.4. The Balaban J connectivity index is 1.59. The molecule has 0 aromatic heterocycles. The summed E-state index contributed by atoms with van der Waals surface area (Å²) in [6.45, 7) is 2.82. The maximum absolute atomic E-state index is 14.4. The van der Waals surface area contributed by atoms with Crippen molar-refractivity contribution in [3.05, 3.63) is 29.8 Å². The Kier molecular flexibility index (Phi) is 5.91. The number of piperidine rings is 1. The molecule has 0 saturated carbocycles. The summed E-state index contributed by atoms with van der Waals surface area (Å²) < 4.78 is 20.2. The summed E-state index contributed by atoms with van der Waals surface area (Å²) in [5.74, 6) is 0.697. The number of alkyl halides is 1. The molecule has 1 aromatic rings. The second-order valence-corrected chi connectivity index (χ2v) is 7.11. The van der Waals surface area contributed by atoms with Gasteiger partial charge in [-0.05, 0) is 38.3 Å². The molecule has 0 aliphatic carbocycles. The third-order valence-corrected chi connectivity index (χ3v) is 5.07. The SMILES string of the molecule is O=C(COc1ccccc1CN1CCCC(F)(CO)C1)N1CCCC1. The van der Waals surface area contributed by atoms with Crippen LogP contribution in [-0.2, 0) is 11.3 Å². The molecule has 1 aromatic carbocycles. The second-order valence-electron chi connectivity index (χ2n) is 7.11. The Bertz CT molecular complexity index is 592. The van der Waals surface area contributed by atoms with Crippen molar-refractivity contribution in [1.82, 2.24) is 9.80 Å². The number of carbonyl (C=O) groups is 1. The molecule has 0 radical (unpaired) electrons. The molecule has 1 atom stereocenters. The Labute approximate surface area is 148 Å². The fraction of sp³-hybridized carbons (Fsp3) is 0.632. The summed E-state index contributed by atoms with van der Waals surface area (Å²) in [5, 5.41) is 9.27. The van der Waals surface area contributed by atoms with Gasteiger partial charge in [0.25, 0.3) is 5.91 Å². The number of halogens is 1. The number of para-hydroxylation sites is 1. The number of carbonyl (C=O) groups excluding carboxylic acids is 1. The number of rotatable bonds is 6. The van der Waals surface area contributed by atoms with Crippen molar-refractivity contribution in [3.63, 3.8) is 0 Å². The van der Waals surface area contributed by atoms with Crippen molar-refractivity contribution in [2.24, 2.45) is 0 Å². The molecule has 6 heteroatoms. The van der Waals surface area contributed by atoms with Gasteiger partial charge in [-0.3, -0.25) is 9.69 Å². The minimum absolute atomic E-state index is 0.0216. The van der Waals surface area contributed by atoms with Crippen molar-refractivity contribution >= 4 is 5.91 Å². The highest BCUT2D eigenvalue weighted by Gasteiger charge is 2.34. The highest BCUT2D eigenvalue weighted by molar-refractivity contribution is 5.78. The van der Waals surface area contributed by atoms with E-state index in [-0.39, 0.29) is 19.1 Å². The lowest BCUT2D eigenvalue weighted by atomic mass is 9.95. The van der Waals surface area contributed by atoms with Crippen molar-refractivity contribution in [3.8, 4) is 5.75 Å². The Morgan fingerprint density at radius 1 is 1.20 bits per heavy atom. The average Bonchev–Trinajstić information content (AvgIpc) is 3.16. The summed E-state index contributed by atoms with van der Waals surface area (Å²) in [6.07, 6.45) is 3.26. The first-order valence-corrected chi connectivity index (χ1v) is 9.10. The first kappa shape index (κ1) is 18.1. The average molecular weight is 350 g/mol. The lowest BCUT2D eigenvalue weighted by Gasteiger charge is -2.36. The fourth-order valence-corrected chi connectivity index (χ4v) is 3.66. The number of benzene rings is 1. The van der Waals surface area contributed by atoms with Crippen molar-refractivity contribution in [2.75, 3.05) is 39.4 Å². The zero-order valence-electron chi connectivity index (χ0n) is 14.6. The second kappa shape index (κ2) is 8.15. The molecule has 138 valence electrons. The molecule has 2 aliphatic heterocycles. The molecular formula is C19H27FN2O3. The molecule has 5 nitrogen and oxygen atoms in total. The highest BCUT2D eigenvalue weighted by atomic mass is 19.1. The van der Waals surface area contributed by atoms with Crippen LogP contribution in [0.4, 0.5) is 4.39 Å². The van der Waals surface area contributed by atoms with Crippen molar-refractivity contribution < 1.29 is 19.0 Å². The summed E-state index contributed by atoms with van der Waals surface area (Å²) >= 11 is 0. The number of hydrogen-bond acceptors (Lipinski definition) is 4. The Morgan fingerprint density at radius 3 is 2.72 bits per heavy atom. The van der Waals surface area contributed by atoms with Gasteiger partial charge in [-0.25, -0.2) is 4.39 Å². The van der Waals surface area contributed by atoms with Gasteiger partial charge in [0.05, 0.1) is 6.61 Å². The van der Waals surface area contributed by atoms with E-state index < -0.39 is 12.3 Å². The molecule has 2 heterocycles. The third kappa shape index (κ3) is 4.70. The summed E-state index contributed by atoms with van der Waals surface area (Å²) in [7, 11) is 0. The summed E-state index contributed by atoms with van der Waals surface area (Å²) in [6, 6.07) is 7.60. The topological polar surface area (TPSA) is 53.0 Å². The molecule has 1 amide bonds. The van der Waals surface area contributed by atoms with E-state index in [1.807, 2.05) is 34.1 Å². The van der Waals surface area contributed by atoms with Gasteiger partial charge in [0.15, 0.2) is 6.61 Å². The van der Waals surface area contributed by atoms with Crippen LogP contribution in [0.3, 0.4) is 0 Å². The van der Waals surface area contributed by atoms with Crippen LogP contribution in [0.2, 0.25) is 0 Å². The van der Waals surface area contributed by atoms with Crippen LogP contribution in [0.15, 0.2) is 24.3 Å². The van der Waals surface area contributed by atoms with Crippen LogP contribution in [0.1, 0.15) is 31.2 Å². The minimum Gasteiger partial charge on any atom is -0.483 e. The molecule has 0 spiro atoms. The van der Waals surface area contributed by atoms with E-state index in [4.69, 9.17) is 4.74 Å². The van der Waals surface area contributed by atoms with Gasteiger partial charge in [0.2, 0.25) is 0 Å². The molecule has 2 fully saturated rings. The number of likely N-dealkylation sites (tertiary alicyclic amines) is 2. The molecule has 1 unspecified atom stereocenters. The number of aliphatic hydroxyl groups excluding tert-OH is 1. The Morgan fingerprint density at radius 2 is 1.96 bits per heavy atom. The van der Waals surface area contributed by atoms with Crippen molar-refractivity contribution in [2.45, 2.75) is 37.9 Å². The fourth-order valence-electron chi connectivity index (χ4n) is 3.66. The van der Waals surface area contributed by atoms with E-state index in [0.717, 1.165) is 44.5 Å². The van der Waals surface area contributed by atoms with E-state index in [0.29, 0.717) is 18.7 Å².